The normalized spacial score (nSPS) is 18.9. The molecule has 3 amide bonds. The molecule has 15 heteroatoms. The first-order chi connectivity index (χ1) is 33.8. The maximum Gasteiger partial charge on any atom is 0.264 e. The SMILES string of the molecule is COc1ccc(C(=O)Nc2ccc(CN3C(=O)[C@]4(O[C@H](CCn5cc([C@H](O)c6ccccc6)nn5)[C@@H]([Si](C)(C)c5ccc(OC)cc5)[C@@H]4C)c4cc(NC(=O)c5ccc(OC)cc5)ccc43)cc2)cc1. The number of nitrogens with zero attached hydrogens (tertiary/aromatic N) is 4. The first kappa shape index (κ1) is 47.5. The molecule has 6 aromatic carbocycles. The summed E-state index contributed by atoms with van der Waals surface area (Å²) >= 11 is 0. The van der Waals surface area contributed by atoms with E-state index in [-0.39, 0.29) is 35.7 Å². The number of aromatic nitrogens is 3. The molecule has 14 nitrogen and oxygen atoms in total. The summed E-state index contributed by atoms with van der Waals surface area (Å²) in [4.78, 5) is 44.4. The minimum Gasteiger partial charge on any atom is -0.497 e. The van der Waals surface area contributed by atoms with Crippen molar-refractivity contribution in [2.45, 2.75) is 62.9 Å². The van der Waals surface area contributed by atoms with Crippen molar-refractivity contribution in [2.75, 3.05) is 36.9 Å². The number of aliphatic hydroxyl groups excluding tert-OH is 1. The molecule has 3 heterocycles. The third kappa shape index (κ3) is 9.18. The van der Waals surface area contributed by atoms with Crippen LogP contribution in [0.25, 0.3) is 0 Å². The Kier molecular flexibility index (Phi) is 13.4. The quantitative estimate of drug-likeness (QED) is 0.0798. The van der Waals surface area contributed by atoms with Gasteiger partial charge in [0.05, 0.1) is 53.9 Å². The zero-order chi connectivity index (χ0) is 49.2. The van der Waals surface area contributed by atoms with E-state index in [1.807, 2.05) is 84.9 Å². The van der Waals surface area contributed by atoms with Crippen LogP contribution in [-0.4, -0.2) is 73.3 Å². The third-order valence-electron chi connectivity index (χ3n) is 13.9. The smallest absolute Gasteiger partial charge is 0.264 e. The van der Waals surface area contributed by atoms with Gasteiger partial charge in [0, 0.05) is 40.5 Å². The van der Waals surface area contributed by atoms with Crippen molar-refractivity contribution in [3.63, 3.8) is 0 Å². The number of benzene rings is 6. The highest BCUT2D eigenvalue weighted by atomic mass is 28.3. The summed E-state index contributed by atoms with van der Waals surface area (Å²) in [6.45, 7) is 7.41. The molecule has 2 aliphatic rings. The molecule has 0 aliphatic carbocycles. The zero-order valence-corrected chi connectivity index (χ0v) is 41.0. The van der Waals surface area contributed by atoms with Gasteiger partial charge < -0.3 is 39.6 Å². The Labute approximate surface area is 408 Å². The number of methoxy groups -OCH3 is 3. The fraction of sp³-hybridized carbons (Fsp3) is 0.255. The topological polar surface area (TPSA) is 166 Å². The lowest BCUT2D eigenvalue weighted by molar-refractivity contribution is -0.146. The van der Waals surface area contributed by atoms with E-state index in [9.17, 15) is 14.7 Å². The first-order valence-corrected chi connectivity index (χ1v) is 26.3. The van der Waals surface area contributed by atoms with Crippen molar-refractivity contribution in [1.82, 2.24) is 15.0 Å². The number of amides is 3. The highest BCUT2D eigenvalue weighted by Crippen LogP contribution is 2.60. The predicted octanol–water partition coefficient (Wildman–Crippen LogP) is 8.74. The molecular formula is C55H56N6O8Si. The average Bonchev–Trinajstić information content (AvgIpc) is 4.06. The molecule has 0 unspecified atom stereocenters. The Morgan fingerprint density at radius 2 is 1.31 bits per heavy atom. The maximum absolute atomic E-state index is 15.7. The van der Waals surface area contributed by atoms with Gasteiger partial charge in [0.15, 0.2) is 5.60 Å². The fourth-order valence-electron chi connectivity index (χ4n) is 10.2. The molecule has 5 atom stereocenters. The molecule has 2 aliphatic heterocycles. The van der Waals surface area contributed by atoms with Gasteiger partial charge in [0.1, 0.15) is 29.0 Å². The van der Waals surface area contributed by atoms with Gasteiger partial charge in [-0.3, -0.25) is 19.1 Å². The molecule has 7 aromatic rings. The van der Waals surface area contributed by atoms with Crippen LogP contribution in [0.1, 0.15) is 62.5 Å². The highest BCUT2D eigenvalue weighted by Gasteiger charge is 2.66. The number of rotatable bonds is 16. The fourth-order valence-corrected chi connectivity index (χ4v) is 14.3. The number of hydrogen-bond acceptors (Lipinski definition) is 10. The summed E-state index contributed by atoms with van der Waals surface area (Å²) in [6.07, 6.45) is 0.891. The number of anilines is 3. The molecule has 9 rings (SSSR count). The second-order valence-electron chi connectivity index (χ2n) is 18.4. The van der Waals surface area contributed by atoms with Crippen molar-refractivity contribution in [1.29, 1.82) is 0 Å². The largest absolute Gasteiger partial charge is 0.497 e. The summed E-state index contributed by atoms with van der Waals surface area (Å²) in [6, 6.07) is 44.3. The van der Waals surface area contributed by atoms with Crippen LogP contribution in [0.5, 0.6) is 17.2 Å². The van der Waals surface area contributed by atoms with Crippen molar-refractivity contribution < 1.29 is 38.4 Å². The van der Waals surface area contributed by atoms with Gasteiger partial charge in [-0.05, 0) is 114 Å². The lowest BCUT2D eigenvalue weighted by Crippen LogP contribution is -2.51. The van der Waals surface area contributed by atoms with Gasteiger partial charge in [-0.25, -0.2) is 0 Å². The number of aliphatic hydroxyl groups is 1. The minimum absolute atomic E-state index is 0.0957. The second-order valence-corrected chi connectivity index (χ2v) is 23.0. The number of ether oxygens (including phenoxy) is 4. The lowest BCUT2D eigenvalue weighted by atomic mass is 9.82. The van der Waals surface area contributed by atoms with Gasteiger partial charge in [-0.2, -0.15) is 0 Å². The number of nitrogens with one attached hydrogen (secondary N) is 2. The summed E-state index contributed by atoms with van der Waals surface area (Å²) in [5, 5.41) is 27.1. The Bertz CT molecular complexity index is 2990. The van der Waals surface area contributed by atoms with E-state index in [2.05, 4.69) is 53.1 Å². The van der Waals surface area contributed by atoms with Crippen LogP contribution in [-0.2, 0) is 28.2 Å². The van der Waals surface area contributed by atoms with Crippen molar-refractivity contribution >= 4 is 48.0 Å². The summed E-state index contributed by atoms with van der Waals surface area (Å²) in [7, 11) is 2.26. The van der Waals surface area contributed by atoms with Crippen molar-refractivity contribution in [3.8, 4) is 17.2 Å². The van der Waals surface area contributed by atoms with Gasteiger partial charge >= 0.3 is 0 Å². The van der Waals surface area contributed by atoms with E-state index < -0.39 is 25.9 Å². The van der Waals surface area contributed by atoms with Crippen LogP contribution in [0.4, 0.5) is 17.1 Å². The van der Waals surface area contributed by atoms with Gasteiger partial charge in [0.2, 0.25) is 0 Å². The lowest BCUT2D eigenvalue weighted by Gasteiger charge is -2.37. The van der Waals surface area contributed by atoms with E-state index in [1.54, 1.807) is 85.6 Å². The van der Waals surface area contributed by atoms with Crippen LogP contribution < -0.4 is 34.9 Å². The van der Waals surface area contributed by atoms with Gasteiger partial charge in [-0.1, -0.05) is 85.0 Å². The molecule has 1 spiro atoms. The Hall–Kier alpha value is -7.59. The molecule has 3 N–H and O–H groups in total. The summed E-state index contributed by atoms with van der Waals surface area (Å²) in [5.74, 6) is 0.925. The zero-order valence-electron chi connectivity index (χ0n) is 40.0. The number of hydrogen-bond donors (Lipinski definition) is 3. The number of carbonyl (C=O) groups excluding carboxylic acids is 3. The molecule has 0 saturated carbocycles. The van der Waals surface area contributed by atoms with Crippen LogP contribution in [0.2, 0.25) is 18.6 Å². The Morgan fingerprint density at radius 3 is 1.90 bits per heavy atom. The van der Waals surface area contributed by atoms with Crippen LogP contribution in [0.3, 0.4) is 0 Å². The van der Waals surface area contributed by atoms with Crippen molar-refractivity contribution in [3.05, 3.63) is 185 Å². The maximum atomic E-state index is 15.7. The van der Waals surface area contributed by atoms with Gasteiger partial charge in [0.25, 0.3) is 17.7 Å². The van der Waals surface area contributed by atoms with Gasteiger partial charge in [-0.15, -0.1) is 5.10 Å². The summed E-state index contributed by atoms with van der Waals surface area (Å²) in [5.41, 5.74) is 3.84. The molecule has 0 radical (unpaired) electrons. The molecule has 358 valence electrons. The van der Waals surface area contributed by atoms with E-state index in [4.69, 9.17) is 18.9 Å². The highest BCUT2D eigenvalue weighted by molar-refractivity contribution is 6.91. The van der Waals surface area contributed by atoms with E-state index >= 15 is 4.79 Å². The first-order valence-electron chi connectivity index (χ1n) is 23.2. The molecule has 0 bridgehead atoms. The van der Waals surface area contributed by atoms with E-state index in [0.717, 1.165) is 11.3 Å². The standard InChI is InChI=1S/C55H56N6O8Si/c1-35-51(70(5,6)45-27-25-44(68-4)26-28-45)49(30-31-60-34-47(58-59-60)50(62)37-10-8-7-9-11-37)69-55(35)46-32-41(57-53(64)39-16-23-43(67-3)24-17-39)20-29-48(46)61(54(55)65)33-36-12-18-40(19-13-36)56-52(63)38-14-21-42(66-2)22-15-38/h7-29,32,34-35,49-51,62H,30-31,33H2,1-6H3,(H,56,63)(H,57,64)/t35-,49+,50+,51-,55+/m0/s1. The predicted molar refractivity (Wildman–Crippen MR) is 271 cm³/mol. The summed E-state index contributed by atoms with van der Waals surface area (Å²) < 4.78 is 25.3. The second kappa shape index (κ2) is 19.8. The average molecular weight is 957 g/mol. The number of fused-ring (bicyclic) bond motifs is 2. The molecular weight excluding hydrogens is 901 g/mol. The van der Waals surface area contributed by atoms with Crippen LogP contribution in [0.15, 0.2) is 152 Å². The number of carbonyl (C=O) groups is 3. The molecule has 1 saturated heterocycles. The minimum atomic E-state index is -2.54. The monoisotopic (exact) mass is 956 g/mol. The molecule has 70 heavy (non-hydrogen) atoms. The van der Waals surface area contributed by atoms with E-state index in [1.165, 1.54) is 5.19 Å². The number of aryl methyl sites for hydroxylation is 1. The van der Waals surface area contributed by atoms with Crippen LogP contribution in [0, 0.1) is 5.92 Å². The van der Waals surface area contributed by atoms with Crippen LogP contribution >= 0.6 is 0 Å². The Balaban J connectivity index is 1.06. The molecule has 1 fully saturated rings. The van der Waals surface area contributed by atoms with Crippen molar-refractivity contribution in [2.24, 2.45) is 5.92 Å². The van der Waals surface area contributed by atoms with E-state index in [0.29, 0.717) is 69.5 Å². The Morgan fingerprint density at radius 1 is 0.757 bits per heavy atom. The third-order valence-corrected chi connectivity index (χ3v) is 18.3. The molecule has 1 aromatic heterocycles.